The van der Waals surface area contributed by atoms with Crippen LogP contribution in [0.3, 0.4) is 0 Å². The van der Waals surface area contributed by atoms with Gasteiger partial charge >= 0.3 is 0 Å². The molecule has 1 N–H and O–H groups in total. The molecule has 0 aliphatic carbocycles. The minimum atomic E-state index is -0.000444. The minimum absolute atomic E-state index is 0.000444. The second-order valence-electron chi connectivity index (χ2n) is 6.16. The zero-order chi connectivity index (χ0) is 18.1. The third-order valence-corrected chi connectivity index (χ3v) is 4.25. The molecule has 3 aromatic rings. The summed E-state index contributed by atoms with van der Waals surface area (Å²) in [6.07, 6.45) is 5.38. The maximum atomic E-state index is 11.8. The molecule has 1 saturated heterocycles. The lowest BCUT2D eigenvalue weighted by atomic mass is 10.1. The molecule has 1 aromatic carbocycles. The van der Waals surface area contributed by atoms with Gasteiger partial charge in [-0.25, -0.2) is 15.0 Å². The van der Waals surface area contributed by atoms with Crippen molar-refractivity contribution in [2.45, 2.75) is 0 Å². The smallest absolute Gasteiger partial charge is 0.239 e. The first-order valence-corrected chi connectivity index (χ1v) is 8.35. The molecule has 0 atom stereocenters. The number of fused-ring (bicyclic) bond motifs is 1. The number of para-hydroxylation sites is 1. The van der Waals surface area contributed by atoms with E-state index in [4.69, 9.17) is 12.8 Å². The molecule has 1 aliphatic heterocycles. The summed E-state index contributed by atoms with van der Waals surface area (Å²) >= 11 is 0. The first-order chi connectivity index (χ1) is 12.6. The lowest BCUT2D eigenvalue weighted by Gasteiger charge is -2.28. The lowest BCUT2D eigenvalue weighted by Crippen LogP contribution is -2.48. The van der Waals surface area contributed by atoms with E-state index >= 15 is 0 Å². The fourth-order valence-electron chi connectivity index (χ4n) is 3.02. The predicted octanol–water partition coefficient (Wildman–Crippen LogP) is 0.264. The molecular formula is C18H17BN6O. The zero-order valence-electron chi connectivity index (χ0n) is 14.4. The number of rotatable bonds is 3. The second-order valence-corrected chi connectivity index (χ2v) is 6.16. The van der Waals surface area contributed by atoms with Crippen LogP contribution in [-0.4, -0.2) is 52.9 Å². The van der Waals surface area contributed by atoms with Crippen LogP contribution in [0.4, 0.5) is 5.82 Å². The second kappa shape index (κ2) is 6.63. The van der Waals surface area contributed by atoms with Crippen LogP contribution < -0.4 is 15.8 Å². The summed E-state index contributed by atoms with van der Waals surface area (Å²) in [5, 5.41) is 3.77. The highest BCUT2D eigenvalue weighted by Gasteiger charge is 2.20. The SMILES string of the molecule is [B]c1cn(C)c(/C=C/c2nc(N3CCNC(=O)C3)c3ccccc3n2)n1. The summed E-state index contributed by atoms with van der Waals surface area (Å²) in [5.41, 5.74) is 1.30. The Hall–Kier alpha value is -3.16. The van der Waals surface area contributed by atoms with Gasteiger partial charge in [0.1, 0.15) is 19.5 Å². The van der Waals surface area contributed by atoms with Crippen molar-refractivity contribution >= 4 is 48.2 Å². The molecule has 7 nitrogen and oxygen atoms in total. The summed E-state index contributed by atoms with van der Waals surface area (Å²) in [6.45, 7) is 1.61. The fraction of sp³-hybridized carbons (Fsp3) is 0.222. The summed E-state index contributed by atoms with van der Waals surface area (Å²) in [7, 11) is 7.59. The van der Waals surface area contributed by atoms with E-state index in [2.05, 4.69) is 15.3 Å². The summed E-state index contributed by atoms with van der Waals surface area (Å²) < 4.78 is 1.84. The van der Waals surface area contributed by atoms with E-state index in [1.165, 1.54) is 0 Å². The Morgan fingerprint density at radius 1 is 1.19 bits per heavy atom. The van der Waals surface area contributed by atoms with E-state index in [1.54, 1.807) is 6.20 Å². The zero-order valence-corrected chi connectivity index (χ0v) is 14.4. The maximum absolute atomic E-state index is 11.8. The predicted molar refractivity (Wildman–Crippen MR) is 102 cm³/mol. The molecule has 1 fully saturated rings. The Morgan fingerprint density at radius 3 is 2.81 bits per heavy atom. The van der Waals surface area contributed by atoms with Gasteiger partial charge in [-0.3, -0.25) is 4.79 Å². The largest absolute Gasteiger partial charge is 0.353 e. The number of aromatic nitrogens is 4. The molecule has 2 radical (unpaired) electrons. The Bertz CT molecular complexity index is 1010. The van der Waals surface area contributed by atoms with Crippen LogP contribution >= 0.6 is 0 Å². The average molecular weight is 344 g/mol. The van der Waals surface area contributed by atoms with E-state index < -0.39 is 0 Å². The number of nitrogens with zero attached hydrogens (tertiary/aromatic N) is 5. The third-order valence-electron chi connectivity index (χ3n) is 4.25. The normalized spacial score (nSPS) is 15.0. The van der Waals surface area contributed by atoms with Crippen LogP contribution in [0, 0.1) is 0 Å². The van der Waals surface area contributed by atoms with Crippen LogP contribution in [-0.2, 0) is 11.8 Å². The highest BCUT2D eigenvalue weighted by molar-refractivity contribution is 6.30. The Labute approximate surface area is 152 Å². The molecule has 26 heavy (non-hydrogen) atoms. The van der Waals surface area contributed by atoms with Crippen molar-refractivity contribution in [1.82, 2.24) is 24.8 Å². The van der Waals surface area contributed by atoms with Crippen molar-refractivity contribution in [3.8, 4) is 0 Å². The van der Waals surface area contributed by atoms with Crippen molar-refractivity contribution in [3.63, 3.8) is 0 Å². The summed E-state index contributed by atoms with van der Waals surface area (Å²) in [5.74, 6) is 2.05. The quantitative estimate of drug-likeness (QED) is 0.690. The van der Waals surface area contributed by atoms with E-state index in [1.807, 2.05) is 52.9 Å². The summed E-state index contributed by atoms with van der Waals surface area (Å²) in [6, 6.07) is 7.81. The standard InChI is InChI=1S/C18H17BN6O/c1-24-10-14(19)22-16(24)7-6-15-21-13-5-3-2-4-12(13)18(23-15)25-9-8-20-17(26)11-25/h2-7,10H,8-9,11H2,1H3,(H,20,26)/b7-6+. The van der Waals surface area contributed by atoms with Gasteiger partial charge in [0.15, 0.2) is 5.82 Å². The van der Waals surface area contributed by atoms with Crippen molar-refractivity contribution in [1.29, 1.82) is 0 Å². The average Bonchev–Trinajstić information content (AvgIpc) is 2.96. The van der Waals surface area contributed by atoms with Crippen LogP contribution in [0.5, 0.6) is 0 Å². The number of benzene rings is 1. The molecule has 128 valence electrons. The van der Waals surface area contributed by atoms with Crippen molar-refractivity contribution in [3.05, 3.63) is 42.1 Å². The number of imidazole rings is 1. The molecule has 0 unspecified atom stereocenters. The van der Waals surface area contributed by atoms with Crippen molar-refractivity contribution < 1.29 is 4.79 Å². The Morgan fingerprint density at radius 2 is 2.04 bits per heavy atom. The summed E-state index contributed by atoms with van der Waals surface area (Å²) in [4.78, 5) is 27.3. The topological polar surface area (TPSA) is 75.9 Å². The molecule has 0 bridgehead atoms. The van der Waals surface area contributed by atoms with Gasteiger partial charge in [0.25, 0.3) is 0 Å². The van der Waals surface area contributed by atoms with Gasteiger partial charge in [0.2, 0.25) is 5.91 Å². The van der Waals surface area contributed by atoms with Gasteiger partial charge < -0.3 is 14.8 Å². The van der Waals surface area contributed by atoms with E-state index in [9.17, 15) is 4.79 Å². The molecule has 1 aliphatic rings. The molecule has 3 heterocycles. The molecule has 0 spiro atoms. The fourth-order valence-corrected chi connectivity index (χ4v) is 3.02. The first kappa shape index (κ1) is 16.3. The highest BCUT2D eigenvalue weighted by atomic mass is 16.2. The van der Waals surface area contributed by atoms with E-state index in [-0.39, 0.29) is 5.91 Å². The number of amides is 1. The minimum Gasteiger partial charge on any atom is -0.353 e. The van der Waals surface area contributed by atoms with Crippen LogP contribution in [0.15, 0.2) is 30.5 Å². The highest BCUT2D eigenvalue weighted by Crippen LogP contribution is 2.24. The monoisotopic (exact) mass is 344 g/mol. The van der Waals surface area contributed by atoms with Crippen LogP contribution in [0.2, 0.25) is 0 Å². The van der Waals surface area contributed by atoms with Gasteiger partial charge in [-0.05, 0) is 24.3 Å². The van der Waals surface area contributed by atoms with E-state index in [0.717, 1.165) is 22.5 Å². The first-order valence-electron chi connectivity index (χ1n) is 8.35. The Balaban J connectivity index is 1.76. The number of piperazine rings is 1. The van der Waals surface area contributed by atoms with Crippen LogP contribution in [0.25, 0.3) is 23.1 Å². The molecule has 0 saturated carbocycles. The molecule has 8 heteroatoms. The van der Waals surface area contributed by atoms with Crippen LogP contribution in [0.1, 0.15) is 11.6 Å². The number of carbonyl (C=O) groups excluding carboxylic acids is 1. The van der Waals surface area contributed by atoms with Crippen molar-refractivity contribution in [2.75, 3.05) is 24.5 Å². The van der Waals surface area contributed by atoms with E-state index in [0.29, 0.717) is 31.1 Å². The number of nitrogens with one attached hydrogen (secondary N) is 1. The van der Waals surface area contributed by atoms with Gasteiger partial charge in [-0.1, -0.05) is 12.1 Å². The molecule has 1 amide bonds. The van der Waals surface area contributed by atoms with Crippen molar-refractivity contribution in [2.24, 2.45) is 7.05 Å². The number of aryl methyl sites for hydroxylation is 1. The van der Waals surface area contributed by atoms with Gasteiger partial charge in [-0.15, -0.1) is 0 Å². The lowest BCUT2D eigenvalue weighted by molar-refractivity contribution is -0.120. The van der Waals surface area contributed by atoms with Gasteiger partial charge in [-0.2, -0.15) is 0 Å². The maximum Gasteiger partial charge on any atom is 0.239 e. The molecular weight excluding hydrogens is 327 g/mol. The number of hydrogen-bond donors (Lipinski definition) is 1. The van der Waals surface area contributed by atoms with Gasteiger partial charge in [0, 0.05) is 37.3 Å². The molecule has 4 rings (SSSR count). The van der Waals surface area contributed by atoms with Gasteiger partial charge in [0.05, 0.1) is 12.1 Å². The number of carbonyl (C=O) groups is 1. The number of anilines is 1. The molecule has 2 aromatic heterocycles. The Kier molecular flexibility index (Phi) is 4.16. The third kappa shape index (κ3) is 3.18. The number of hydrogen-bond acceptors (Lipinski definition) is 5.